The molecule has 1 rings (SSSR count). The number of ketones is 1. The molecule has 0 aromatic heterocycles. The highest BCUT2D eigenvalue weighted by atomic mass is 16.5. The van der Waals surface area contributed by atoms with Crippen molar-refractivity contribution in [1.29, 1.82) is 0 Å². The van der Waals surface area contributed by atoms with Gasteiger partial charge in [0.15, 0.2) is 5.78 Å². The van der Waals surface area contributed by atoms with Gasteiger partial charge in [-0.3, -0.25) is 9.59 Å². The number of aliphatic hydroxyl groups is 1. The molecule has 1 fully saturated rings. The van der Waals surface area contributed by atoms with Gasteiger partial charge >= 0.3 is 5.97 Å². The van der Waals surface area contributed by atoms with Gasteiger partial charge in [-0.1, -0.05) is 13.8 Å². The number of Topliss-reactive ketones (excluding diaryl/α,β-unsaturated/α-hetero) is 1. The largest absolute Gasteiger partial charge is 0.465 e. The molecular weight excluding hydrogens is 196 g/mol. The Labute approximate surface area is 89.6 Å². The molecule has 0 bridgehead atoms. The first-order valence-electron chi connectivity index (χ1n) is 5.29. The van der Waals surface area contributed by atoms with Crippen LogP contribution >= 0.6 is 0 Å². The molecule has 0 amide bonds. The molecule has 1 N–H and O–H groups in total. The molecule has 15 heavy (non-hydrogen) atoms. The van der Waals surface area contributed by atoms with E-state index in [1.54, 1.807) is 20.8 Å². The highest BCUT2D eigenvalue weighted by Crippen LogP contribution is 2.36. The maximum atomic E-state index is 11.9. The van der Waals surface area contributed by atoms with Gasteiger partial charge in [0.05, 0.1) is 12.7 Å². The molecule has 4 nitrogen and oxygen atoms in total. The van der Waals surface area contributed by atoms with E-state index in [4.69, 9.17) is 4.74 Å². The normalized spacial score (nSPS) is 30.0. The summed E-state index contributed by atoms with van der Waals surface area (Å²) in [5, 5.41) is 9.65. The fourth-order valence-electron chi connectivity index (χ4n) is 1.89. The average Bonchev–Trinajstić information content (AvgIpc) is 2.14. The number of carbonyl (C=O) groups excluding carboxylic acids is 2. The number of esters is 1. The van der Waals surface area contributed by atoms with Gasteiger partial charge in [0, 0.05) is 5.41 Å². The van der Waals surface area contributed by atoms with Crippen molar-refractivity contribution in [3.05, 3.63) is 0 Å². The van der Waals surface area contributed by atoms with E-state index in [1.165, 1.54) is 0 Å². The highest BCUT2D eigenvalue weighted by Gasteiger charge is 2.46. The summed E-state index contributed by atoms with van der Waals surface area (Å²) in [7, 11) is 0. The van der Waals surface area contributed by atoms with E-state index in [2.05, 4.69) is 0 Å². The van der Waals surface area contributed by atoms with Crippen molar-refractivity contribution in [3.63, 3.8) is 0 Å². The zero-order valence-corrected chi connectivity index (χ0v) is 9.45. The fourth-order valence-corrected chi connectivity index (χ4v) is 1.89. The number of ether oxygens (including phenoxy) is 1. The van der Waals surface area contributed by atoms with Crippen LogP contribution in [0.3, 0.4) is 0 Å². The average molecular weight is 214 g/mol. The van der Waals surface area contributed by atoms with Crippen LogP contribution in [0.5, 0.6) is 0 Å². The first-order valence-corrected chi connectivity index (χ1v) is 5.29. The van der Waals surface area contributed by atoms with Crippen LogP contribution in [0.15, 0.2) is 0 Å². The summed E-state index contributed by atoms with van der Waals surface area (Å²) in [4.78, 5) is 23.4. The molecule has 2 atom stereocenters. The molecule has 1 saturated carbocycles. The van der Waals surface area contributed by atoms with Crippen LogP contribution in [0.1, 0.15) is 33.6 Å². The van der Waals surface area contributed by atoms with Crippen LogP contribution < -0.4 is 0 Å². The van der Waals surface area contributed by atoms with E-state index in [0.717, 1.165) is 0 Å². The molecule has 1 aliphatic carbocycles. The summed E-state index contributed by atoms with van der Waals surface area (Å²) in [5.41, 5.74) is -0.531. The second-order valence-corrected chi connectivity index (χ2v) is 4.58. The summed E-state index contributed by atoms with van der Waals surface area (Å²) < 4.78 is 4.80. The SMILES string of the molecule is CCOC(=O)C1C(=O)C(C)(C)CCC1O. The molecule has 0 aromatic carbocycles. The van der Waals surface area contributed by atoms with Crippen LogP contribution in [0.25, 0.3) is 0 Å². The van der Waals surface area contributed by atoms with Crippen LogP contribution in [0.2, 0.25) is 0 Å². The predicted molar refractivity (Wildman–Crippen MR) is 54.2 cm³/mol. The number of hydrogen-bond donors (Lipinski definition) is 1. The first-order chi connectivity index (χ1) is 6.90. The van der Waals surface area contributed by atoms with Crippen molar-refractivity contribution in [2.24, 2.45) is 11.3 Å². The van der Waals surface area contributed by atoms with Crippen LogP contribution in [0.4, 0.5) is 0 Å². The third kappa shape index (κ3) is 2.37. The molecular formula is C11H18O4. The van der Waals surface area contributed by atoms with Crippen molar-refractivity contribution in [3.8, 4) is 0 Å². The second kappa shape index (κ2) is 4.31. The minimum Gasteiger partial charge on any atom is -0.465 e. The molecule has 0 heterocycles. The number of rotatable bonds is 2. The topological polar surface area (TPSA) is 63.6 Å². The molecule has 0 spiro atoms. The summed E-state index contributed by atoms with van der Waals surface area (Å²) in [6.07, 6.45) is 0.204. The molecule has 0 saturated heterocycles. The Hall–Kier alpha value is -0.900. The Morgan fingerprint density at radius 3 is 2.73 bits per heavy atom. The van der Waals surface area contributed by atoms with Gasteiger partial charge in [-0.2, -0.15) is 0 Å². The Balaban J connectivity index is 2.84. The van der Waals surface area contributed by atoms with E-state index in [1.807, 2.05) is 0 Å². The first kappa shape index (κ1) is 12.2. The third-order valence-corrected chi connectivity index (χ3v) is 2.94. The lowest BCUT2D eigenvalue weighted by Gasteiger charge is -2.35. The highest BCUT2D eigenvalue weighted by molar-refractivity contribution is 6.02. The summed E-state index contributed by atoms with van der Waals surface area (Å²) in [6.45, 7) is 5.51. The second-order valence-electron chi connectivity index (χ2n) is 4.58. The molecule has 1 aliphatic rings. The lowest BCUT2D eigenvalue weighted by Crippen LogP contribution is -2.47. The maximum Gasteiger partial charge on any atom is 0.319 e. The van der Waals surface area contributed by atoms with Gasteiger partial charge in [0.2, 0.25) is 0 Å². The number of aliphatic hydroxyl groups excluding tert-OH is 1. The Kier molecular flexibility index (Phi) is 3.50. The molecule has 0 aromatic rings. The van der Waals surface area contributed by atoms with Gasteiger partial charge in [0.25, 0.3) is 0 Å². The smallest absolute Gasteiger partial charge is 0.319 e. The van der Waals surface area contributed by atoms with Crippen molar-refractivity contribution in [1.82, 2.24) is 0 Å². The van der Waals surface area contributed by atoms with Crippen molar-refractivity contribution >= 4 is 11.8 Å². The quantitative estimate of drug-likeness (QED) is 0.548. The van der Waals surface area contributed by atoms with Gasteiger partial charge in [0.1, 0.15) is 5.92 Å². The van der Waals surface area contributed by atoms with Crippen molar-refractivity contribution in [2.75, 3.05) is 6.61 Å². The van der Waals surface area contributed by atoms with Crippen molar-refractivity contribution in [2.45, 2.75) is 39.7 Å². The molecule has 4 heteroatoms. The maximum absolute atomic E-state index is 11.9. The summed E-state index contributed by atoms with van der Waals surface area (Å²) in [6, 6.07) is 0. The van der Waals surface area contributed by atoms with Crippen LogP contribution in [-0.2, 0) is 14.3 Å². The summed E-state index contributed by atoms with van der Waals surface area (Å²) >= 11 is 0. The molecule has 2 unspecified atom stereocenters. The molecule has 0 aliphatic heterocycles. The number of carbonyl (C=O) groups is 2. The Morgan fingerprint density at radius 1 is 1.60 bits per heavy atom. The molecule has 0 radical (unpaired) electrons. The zero-order valence-electron chi connectivity index (χ0n) is 9.45. The van der Waals surface area contributed by atoms with Gasteiger partial charge in [-0.15, -0.1) is 0 Å². The monoisotopic (exact) mass is 214 g/mol. The van der Waals surface area contributed by atoms with E-state index in [0.29, 0.717) is 12.8 Å². The van der Waals surface area contributed by atoms with Crippen LogP contribution in [0, 0.1) is 11.3 Å². The number of hydrogen-bond acceptors (Lipinski definition) is 4. The fraction of sp³-hybridized carbons (Fsp3) is 0.818. The minimum atomic E-state index is -0.992. The minimum absolute atomic E-state index is 0.209. The van der Waals surface area contributed by atoms with Gasteiger partial charge in [-0.05, 0) is 19.8 Å². The molecule has 86 valence electrons. The van der Waals surface area contributed by atoms with E-state index < -0.39 is 23.4 Å². The Morgan fingerprint density at radius 2 is 2.20 bits per heavy atom. The predicted octanol–water partition coefficient (Wildman–Crippen LogP) is 0.916. The van der Waals surface area contributed by atoms with E-state index in [-0.39, 0.29) is 12.4 Å². The van der Waals surface area contributed by atoms with Gasteiger partial charge < -0.3 is 9.84 Å². The lowest BCUT2D eigenvalue weighted by molar-refractivity contribution is -0.162. The summed E-state index contributed by atoms with van der Waals surface area (Å²) in [5.74, 6) is -1.80. The standard InChI is InChI=1S/C11H18O4/c1-4-15-10(14)8-7(12)5-6-11(2,3)9(8)13/h7-8,12H,4-6H2,1-3H3. The van der Waals surface area contributed by atoms with E-state index in [9.17, 15) is 14.7 Å². The Bertz CT molecular complexity index is 270. The zero-order chi connectivity index (χ0) is 11.6. The van der Waals surface area contributed by atoms with Crippen molar-refractivity contribution < 1.29 is 19.4 Å². The third-order valence-electron chi connectivity index (χ3n) is 2.94. The van der Waals surface area contributed by atoms with Gasteiger partial charge in [-0.25, -0.2) is 0 Å². The van der Waals surface area contributed by atoms with E-state index >= 15 is 0 Å². The lowest BCUT2D eigenvalue weighted by atomic mass is 9.69. The van der Waals surface area contributed by atoms with Crippen LogP contribution in [-0.4, -0.2) is 29.6 Å².